The Morgan fingerprint density at radius 2 is 1.95 bits per heavy atom. The summed E-state index contributed by atoms with van der Waals surface area (Å²) in [6.45, 7) is 0.0563. The van der Waals surface area contributed by atoms with Gasteiger partial charge in [0, 0.05) is 15.6 Å². The van der Waals surface area contributed by atoms with Crippen LogP contribution in [0.5, 0.6) is 5.75 Å². The van der Waals surface area contributed by atoms with E-state index in [9.17, 15) is 4.79 Å². The van der Waals surface area contributed by atoms with E-state index in [2.05, 4.69) is 0 Å². The lowest BCUT2D eigenvalue weighted by molar-refractivity contribution is 0.0473. The second-order valence-corrected chi connectivity index (χ2v) is 5.11. The average molecular weight is 326 g/mol. The van der Waals surface area contributed by atoms with Gasteiger partial charge in [-0.2, -0.15) is 0 Å². The van der Waals surface area contributed by atoms with E-state index in [-0.39, 0.29) is 6.61 Å². The smallest absolute Gasteiger partial charge is 0.338 e. The zero-order valence-corrected chi connectivity index (χ0v) is 12.7. The monoisotopic (exact) mass is 325 g/mol. The molecule has 0 amide bonds. The minimum Gasteiger partial charge on any atom is -0.495 e. The molecule has 0 unspecified atom stereocenters. The van der Waals surface area contributed by atoms with E-state index >= 15 is 0 Å². The molecule has 0 fully saturated rings. The number of hydrogen-bond donors (Lipinski definition) is 1. The number of rotatable bonds is 4. The quantitative estimate of drug-likeness (QED) is 0.683. The van der Waals surface area contributed by atoms with E-state index in [4.69, 9.17) is 38.4 Å². The van der Waals surface area contributed by atoms with Gasteiger partial charge in [0.15, 0.2) is 0 Å². The highest BCUT2D eigenvalue weighted by molar-refractivity contribution is 6.35. The maximum atomic E-state index is 12.0. The van der Waals surface area contributed by atoms with Crippen molar-refractivity contribution < 1.29 is 14.3 Å². The van der Waals surface area contributed by atoms with E-state index < -0.39 is 5.97 Å². The van der Waals surface area contributed by atoms with Gasteiger partial charge in [-0.25, -0.2) is 4.79 Å². The largest absolute Gasteiger partial charge is 0.495 e. The summed E-state index contributed by atoms with van der Waals surface area (Å²) in [5, 5.41) is 0.975. The molecule has 2 rings (SSSR count). The van der Waals surface area contributed by atoms with Crippen molar-refractivity contribution in [3.63, 3.8) is 0 Å². The van der Waals surface area contributed by atoms with Crippen LogP contribution in [0.3, 0.4) is 0 Å². The maximum Gasteiger partial charge on any atom is 0.338 e. The van der Waals surface area contributed by atoms with E-state index in [0.29, 0.717) is 32.6 Å². The van der Waals surface area contributed by atoms with Gasteiger partial charge in [-0.05, 0) is 30.3 Å². The van der Waals surface area contributed by atoms with Crippen molar-refractivity contribution >= 4 is 34.9 Å². The van der Waals surface area contributed by atoms with E-state index in [1.807, 2.05) is 0 Å². The summed E-state index contributed by atoms with van der Waals surface area (Å²) in [6, 6.07) is 9.69. The second kappa shape index (κ2) is 6.70. The third kappa shape index (κ3) is 3.80. The fraction of sp³-hybridized carbons (Fsp3) is 0.133. The summed E-state index contributed by atoms with van der Waals surface area (Å²) in [5.41, 5.74) is 7.14. The number of nitrogens with two attached hydrogens (primary N) is 1. The first-order valence-corrected chi connectivity index (χ1v) is 6.81. The normalized spacial score (nSPS) is 10.2. The molecule has 0 aliphatic heterocycles. The number of ether oxygens (including phenoxy) is 2. The topological polar surface area (TPSA) is 61.5 Å². The highest BCUT2D eigenvalue weighted by Gasteiger charge is 2.11. The highest BCUT2D eigenvalue weighted by Crippen LogP contribution is 2.24. The molecule has 2 aromatic carbocycles. The molecule has 0 heterocycles. The molecule has 4 nitrogen and oxygen atoms in total. The Morgan fingerprint density at radius 1 is 1.19 bits per heavy atom. The number of carbonyl (C=O) groups is 1. The van der Waals surface area contributed by atoms with E-state index in [0.717, 1.165) is 0 Å². The fourth-order valence-electron chi connectivity index (χ4n) is 1.73. The van der Waals surface area contributed by atoms with Gasteiger partial charge in [0.25, 0.3) is 0 Å². The van der Waals surface area contributed by atoms with Crippen LogP contribution < -0.4 is 10.5 Å². The summed E-state index contributed by atoms with van der Waals surface area (Å²) in [4.78, 5) is 12.0. The molecule has 0 saturated heterocycles. The Labute approximate surface area is 132 Å². The van der Waals surface area contributed by atoms with Crippen molar-refractivity contribution in [3.05, 3.63) is 57.6 Å². The van der Waals surface area contributed by atoms with Crippen LogP contribution in [-0.4, -0.2) is 13.1 Å². The molecule has 110 valence electrons. The molecule has 21 heavy (non-hydrogen) atoms. The predicted octanol–water partition coefficient (Wildman–Crippen LogP) is 3.94. The molecule has 0 aromatic heterocycles. The Bertz CT molecular complexity index is 674. The van der Waals surface area contributed by atoms with Crippen LogP contribution in [0.1, 0.15) is 15.9 Å². The highest BCUT2D eigenvalue weighted by atomic mass is 35.5. The third-order valence-electron chi connectivity index (χ3n) is 2.84. The molecule has 0 aliphatic rings. The average Bonchev–Trinajstić information content (AvgIpc) is 2.46. The molecule has 0 spiro atoms. The van der Waals surface area contributed by atoms with Crippen molar-refractivity contribution in [2.75, 3.05) is 12.8 Å². The lowest BCUT2D eigenvalue weighted by Crippen LogP contribution is -2.06. The Hall–Kier alpha value is -1.91. The lowest BCUT2D eigenvalue weighted by atomic mass is 10.2. The van der Waals surface area contributed by atoms with Crippen LogP contribution in [0.2, 0.25) is 10.0 Å². The number of hydrogen-bond acceptors (Lipinski definition) is 4. The van der Waals surface area contributed by atoms with Gasteiger partial charge in [0.2, 0.25) is 0 Å². The number of nitrogen functional groups attached to an aromatic ring is 1. The number of anilines is 1. The molecular formula is C15H13Cl2NO3. The number of halogens is 2. The number of esters is 1. The SMILES string of the molecule is COc1ccc(C(=O)OCc2ccc(Cl)cc2Cl)cc1N. The fourth-order valence-corrected chi connectivity index (χ4v) is 2.19. The van der Waals surface area contributed by atoms with Gasteiger partial charge >= 0.3 is 5.97 Å². The Morgan fingerprint density at radius 3 is 2.57 bits per heavy atom. The van der Waals surface area contributed by atoms with Crippen LogP contribution in [-0.2, 0) is 11.3 Å². The maximum absolute atomic E-state index is 12.0. The molecule has 6 heteroatoms. The van der Waals surface area contributed by atoms with Crippen molar-refractivity contribution in [3.8, 4) is 5.75 Å². The van der Waals surface area contributed by atoms with Gasteiger partial charge in [-0.1, -0.05) is 29.3 Å². The number of methoxy groups -OCH3 is 1. The zero-order valence-electron chi connectivity index (χ0n) is 11.2. The Balaban J connectivity index is 2.06. The molecule has 0 radical (unpaired) electrons. The van der Waals surface area contributed by atoms with E-state index in [1.165, 1.54) is 13.2 Å². The molecule has 2 aromatic rings. The van der Waals surface area contributed by atoms with Crippen LogP contribution >= 0.6 is 23.2 Å². The minimum absolute atomic E-state index is 0.0563. The molecule has 0 atom stereocenters. The first kappa shape index (κ1) is 15.5. The second-order valence-electron chi connectivity index (χ2n) is 4.27. The summed E-state index contributed by atoms with van der Waals surface area (Å²) in [6.07, 6.45) is 0. The van der Waals surface area contributed by atoms with Gasteiger partial charge in [-0.3, -0.25) is 0 Å². The van der Waals surface area contributed by atoms with Crippen molar-refractivity contribution in [2.24, 2.45) is 0 Å². The van der Waals surface area contributed by atoms with Crippen molar-refractivity contribution in [1.82, 2.24) is 0 Å². The molecule has 2 N–H and O–H groups in total. The molecule has 0 bridgehead atoms. The molecular weight excluding hydrogens is 313 g/mol. The van der Waals surface area contributed by atoms with Crippen LogP contribution in [0.25, 0.3) is 0 Å². The number of benzene rings is 2. The lowest BCUT2D eigenvalue weighted by Gasteiger charge is -2.09. The van der Waals surface area contributed by atoms with Gasteiger partial charge in [0.05, 0.1) is 18.4 Å². The Kier molecular flexibility index (Phi) is 4.94. The van der Waals surface area contributed by atoms with Crippen LogP contribution in [0.4, 0.5) is 5.69 Å². The van der Waals surface area contributed by atoms with Crippen LogP contribution in [0.15, 0.2) is 36.4 Å². The summed E-state index contributed by atoms with van der Waals surface area (Å²) < 4.78 is 10.2. The first-order chi connectivity index (χ1) is 10.0. The summed E-state index contributed by atoms with van der Waals surface area (Å²) in [5.74, 6) is 0.0164. The number of carbonyl (C=O) groups excluding carboxylic acids is 1. The summed E-state index contributed by atoms with van der Waals surface area (Å²) in [7, 11) is 1.51. The van der Waals surface area contributed by atoms with Gasteiger partial charge in [0.1, 0.15) is 12.4 Å². The molecule has 0 saturated carbocycles. The van der Waals surface area contributed by atoms with E-state index in [1.54, 1.807) is 30.3 Å². The van der Waals surface area contributed by atoms with Crippen LogP contribution in [0, 0.1) is 0 Å². The van der Waals surface area contributed by atoms with Gasteiger partial charge in [-0.15, -0.1) is 0 Å². The summed E-state index contributed by atoms with van der Waals surface area (Å²) >= 11 is 11.8. The third-order valence-corrected chi connectivity index (χ3v) is 3.43. The minimum atomic E-state index is -0.490. The van der Waals surface area contributed by atoms with Gasteiger partial charge < -0.3 is 15.2 Å². The molecule has 0 aliphatic carbocycles. The predicted molar refractivity (Wildman–Crippen MR) is 83.0 cm³/mol. The first-order valence-electron chi connectivity index (χ1n) is 6.06. The zero-order chi connectivity index (χ0) is 15.4. The van der Waals surface area contributed by atoms with Crippen molar-refractivity contribution in [2.45, 2.75) is 6.61 Å². The van der Waals surface area contributed by atoms with Crippen molar-refractivity contribution in [1.29, 1.82) is 0 Å². The standard InChI is InChI=1S/C15H13Cl2NO3/c1-20-14-5-3-9(6-13(14)18)15(19)21-8-10-2-4-11(16)7-12(10)17/h2-7H,8,18H2,1H3.